The number of amides is 1. The third-order valence-corrected chi connectivity index (χ3v) is 4.92. The number of aromatic nitrogens is 1. The van der Waals surface area contributed by atoms with Gasteiger partial charge in [0.05, 0.1) is 12.1 Å². The van der Waals surface area contributed by atoms with Crippen LogP contribution < -0.4 is 10.2 Å². The fourth-order valence-electron chi connectivity index (χ4n) is 3.32. The van der Waals surface area contributed by atoms with Crippen LogP contribution in [0, 0.1) is 6.92 Å². The first-order valence-electron chi connectivity index (χ1n) is 9.20. The minimum Gasteiger partial charge on any atom is -0.368 e. The number of hydrogen-bond acceptors (Lipinski definition) is 4. The van der Waals surface area contributed by atoms with Gasteiger partial charge >= 0.3 is 0 Å². The molecule has 2 aromatic rings. The number of fused-ring (bicyclic) bond motifs is 1. The fourth-order valence-corrected chi connectivity index (χ4v) is 3.32. The summed E-state index contributed by atoms with van der Waals surface area (Å²) in [6.45, 7) is 10.4. The van der Waals surface area contributed by atoms with Gasteiger partial charge in [0.25, 0.3) is 0 Å². The second-order valence-corrected chi connectivity index (χ2v) is 6.94. The zero-order valence-electron chi connectivity index (χ0n) is 15.5. The number of anilines is 1. The summed E-state index contributed by atoms with van der Waals surface area (Å²) in [6, 6.07) is 10.7. The number of nitrogens with zero attached hydrogens (tertiary/aromatic N) is 3. The molecule has 1 atom stereocenters. The molecule has 0 radical (unpaired) electrons. The predicted octanol–water partition coefficient (Wildman–Crippen LogP) is 2.58. The van der Waals surface area contributed by atoms with Crippen molar-refractivity contribution in [2.45, 2.75) is 33.2 Å². The van der Waals surface area contributed by atoms with E-state index < -0.39 is 0 Å². The van der Waals surface area contributed by atoms with Gasteiger partial charge in [0.2, 0.25) is 5.91 Å². The van der Waals surface area contributed by atoms with Crippen LogP contribution in [0.3, 0.4) is 0 Å². The summed E-state index contributed by atoms with van der Waals surface area (Å²) in [5.41, 5.74) is 3.35. The Morgan fingerprint density at radius 2 is 1.96 bits per heavy atom. The molecule has 0 aliphatic carbocycles. The largest absolute Gasteiger partial charge is 0.368 e. The molecule has 1 aromatic carbocycles. The molecular weight excluding hydrogens is 312 g/mol. The highest BCUT2D eigenvalue weighted by Gasteiger charge is 2.21. The van der Waals surface area contributed by atoms with Crippen LogP contribution in [0.5, 0.6) is 0 Å². The second-order valence-electron chi connectivity index (χ2n) is 6.94. The van der Waals surface area contributed by atoms with Crippen molar-refractivity contribution in [3.05, 3.63) is 36.0 Å². The number of piperazine rings is 1. The standard InChI is InChI=1S/C20H28N4O/c1-4-15(2)22-20(25)14-23-9-11-24(12-10-23)19-13-16(3)21-18-8-6-5-7-17(18)19/h5-8,13,15H,4,9-12,14H2,1-3H3,(H,22,25)/t15-/m0/s1. The molecule has 1 aromatic heterocycles. The van der Waals surface area contributed by atoms with Crippen molar-refractivity contribution in [1.82, 2.24) is 15.2 Å². The van der Waals surface area contributed by atoms with Crippen molar-refractivity contribution in [1.29, 1.82) is 0 Å². The first-order valence-corrected chi connectivity index (χ1v) is 9.20. The van der Waals surface area contributed by atoms with E-state index in [0.29, 0.717) is 6.54 Å². The molecule has 3 rings (SSSR count). The molecule has 1 N–H and O–H groups in total. The van der Waals surface area contributed by atoms with E-state index >= 15 is 0 Å². The summed E-state index contributed by atoms with van der Waals surface area (Å²) in [5, 5.41) is 4.25. The van der Waals surface area contributed by atoms with Crippen LogP contribution >= 0.6 is 0 Å². The molecule has 1 saturated heterocycles. The van der Waals surface area contributed by atoms with Gasteiger partial charge in [-0.2, -0.15) is 0 Å². The molecule has 1 fully saturated rings. The minimum absolute atomic E-state index is 0.132. The lowest BCUT2D eigenvalue weighted by Crippen LogP contribution is -2.50. The zero-order chi connectivity index (χ0) is 17.8. The molecule has 0 saturated carbocycles. The zero-order valence-corrected chi connectivity index (χ0v) is 15.5. The number of para-hydroxylation sites is 1. The average Bonchev–Trinajstić information content (AvgIpc) is 2.61. The van der Waals surface area contributed by atoms with E-state index in [-0.39, 0.29) is 11.9 Å². The quantitative estimate of drug-likeness (QED) is 0.909. The van der Waals surface area contributed by atoms with Crippen LogP contribution in [0.4, 0.5) is 5.69 Å². The van der Waals surface area contributed by atoms with Crippen molar-refractivity contribution < 1.29 is 4.79 Å². The van der Waals surface area contributed by atoms with E-state index in [1.54, 1.807) is 0 Å². The Bertz CT molecular complexity index is 738. The molecule has 0 unspecified atom stereocenters. The summed E-state index contributed by atoms with van der Waals surface area (Å²) in [5.74, 6) is 0.132. The molecule has 1 amide bonds. The maximum atomic E-state index is 12.1. The van der Waals surface area contributed by atoms with Gasteiger partial charge in [-0.25, -0.2) is 0 Å². The summed E-state index contributed by atoms with van der Waals surface area (Å²) >= 11 is 0. The van der Waals surface area contributed by atoms with Crippen molar-refractivity contribution >= 4 is 22.5 Å². The highest BCUT2D eigenvalue weighted by Crippen LogP contribution is 2.27. The Labute approximate surface area is 150 Å². The number of rotatable bonds is 5. The van der Waals surface area contributed by atoms with Crippen LogP contribution in [0.2, 0.25) is 0 Å². The Hall–Kier alpha value is -2.14. The summed E-state index contributed by atoms with van der Waals surface area (Å²) in [4.78, 5) is 21.4. The monoisotopic (exact) mass is 340 g/mol. The van der Waals surface area contributed by atoms with E-state index in [1.807, 2.05) is 19.9 Å². The van der Waals surface area contributed by atoms with E-state index in [1.165, 1.54) is 11.1 Å². The molecule has 5 heteroatoms. The van der Waals surface area contributed by atoms with Crippen molar-refractivity contribution in [2.75, 3.05) is 37.6 Å². The molecule has 134 valence electrons. The summed E-state index contributed by atoms with van der Waals surface area (Å²) in [7, 11) is 0. The van der Waals surface area contributed by atoms with Gasteiger partial charge in [-0.3, -0.25) is 14.7 Å². The van der Waals surface area contributed by atoms with Crippen molar-refractivity contribution in [3.8, 4) is 0 Å². The van der Waals surface area contributed by atoms with E-state index in [2.05, 4.69) is 51.3 Å². The number of aryl methyl sites for hydroxylation is 1. The number of pyridine rings is 1. The lowest BCUT2D eigenvalue weighted by atomic mass is 10.1. The number of hydrogen-bond donors (Lipinski definition) is 1. The molecule has 25 heavy (non-hydrogen) atoms. The third kappa shape index (κ3) is 4.28. The molecular formula is C20H28N4O. The summed E-state index contributed by atoms with van der Waals surface area (Å²) in [6.07, 6.45) is 0.966. The van der Waals surface area contributed by atoms with Crippen LogP contribution in [0.25, 0.3) is 10.9 Å². The summed E-state index contributed by atoms with van der Waals surface area (Å²) < 4.78 is 0. The lowest BCUT2D eigenvalue weighted by Gasteiger charge is -2.36. The van der Waals surface area contributed by atoms with Crippen LogP contribution in [0.1, 0.15) is 26.0 Å². The van der Waals surface area contributed by atoms with Crippen LogP contribution in [0.15, 0.2) is 30.3 Å². The molecule has 1 aliphatic heterocycles. The van der Waals surface area contributed by atoms with Gasteiger partial charge in [-0.1, -0.05) is 25.1 Å². The number of carbonyl (C=O) groups excluding carboxylic acids is 1. The van der Waals surface area contributed by atoms with Crippen molar-refractivity contribution in [3.63, 3.8) is 0 Å². The smallest absolute Gasteiger partial charge is 0.234 e. The lowest BCUT2D eigenvalue weighted by molar-refractivity contribution is -0.122. The molecule has 2 heterocycles. The fraction of sp³-hybridized carbons (Fsp3) is 0.500. The van der Waals surface area contributed by atoms with E-state index in [4.69, 9.17) is 0 Å². The first kappa shape index (κ1) is 17.7. The number of benzene rings is 1. The highest BCUT2D eigenvalue weighted by atomic mass is 16.2. The van der Waals surface area contributed by atoms with Gasteiger partial charge in [-0.15, -0.1) is 0 Å². The molecule has 0 bridgehead atoms. The first-order chi connectivity index (χ1) is 12.1. The van der Waals surface area contributed by atoms with Gasteiger partial charge in [0.15, 0.2) is 0 Å². The van der Waals surface area contributed by atoms with Crippen LogP contribution in [-0.4, -0.2) is 54.6 Å². The number of nitrogens with one attached hydrogen (secondary N) is 1. The molecule has 1 aliphatic rings. The predicted molar refractivity (Wildman–Crippen MR) is 103 cm³/mol. The van der Waals surface area contributed by atoms with Crippen molar-refractivity contribution in [2.24, 2.45) is 0 Å². The number of carbonyl (C=O) groups is 1. The highest BCUT2D eigenvalue weighted by molar-refractivity contribution is 5.92. The van der Waals surface area contributed by atoms with E-state index in [9.17, 15) is 4.79 Å². The Kier molecular flexibility index (Phi) is 5.53. The Balaban J connectivity index is 1.64. The maximum Gasteiger partial charge on any atom is 0.234 e. The third-order valence-electron chi connectivity index (χ3n) is 4.92. The SMILES string of the molecule is CC[C@H](C)NC(=O)CN1CCN(c2cc(C)nc3ccccc23)CC1. The Morgan fingerprint density at radius 1 is 1.24 bits per heavy atom. The molecule has 0 spiro atoms. The Morgan fingerprint density at radius 3 is 2.68 bits per heavy atom. The van der Waals surface area contributed by atoms with Crippen LogP contribution in [-0.2, 0) is 4.79 Å². The van der Waals surface area contributed by atoms with Gasteiger partial charge in [0, 0.05) is 49.0 Å². The maximum absolute atomic E-state index is 12.1. The average molecular weight is 340 g/mol. The minimum atomic E-state index is 0.132. The van der Waals surface area contributed by atoms with Gasteiger partial charge in [-0.05, 0) is 32.4 Å². The van der Waals surface area contributed by atoms with E-state index in [0.717, 1.165) is 43.8 Å². The van der Waals surface area contributed by atoms with Gasteiger partial charge < -0.3 is 10.2 Å². The normalized spacial score (nSPS) is 16.8. The molecule has 5 nitrogen and oxygen atoms in total. The topological polar surface area (TPSA) is 48.5 Å². The van der Waals surface area contributed by atoms with Gasteiger partial charge in [0.1, 0.15) is 0 Å². The second kappa shape index (κ2) is 7.83.